The van der Waals surface area contributed by atoms with E-state index in [1.54, 1.807) is 13.2 Å². The highest BCUT2D eigenvalue weighted by molar-refractivity contribution is 6.33. The van der Waals surface area contributed by atoms with Crippen molar-refractivity contribution in [1.29, 1.82) is 0 Å². The Labute approximate surface area is 99.1 Å². The highest BCUT2D eigenvalue weighted by Gasteiger charge is 2.46. The number of carbonyl (C=O) groups excluding carboxylic acids is 1. The highest BCUT2D eigenvalue weighted by atomic mass is 35.5. The molecule has 0 aliphatic heterocycles. The summed E-state index contributed by atoms with van der Waals surface area (Å²) in [5.74, 6) is 0.629. The van der Waals surface area contributed by atoms with Gasteiger partial charge in [0.25, 0.3) is 0 Å². The zero-order valence-corrected chi connectivity index (χ0v) is 9.97. The minimum Gasteiger partial charge on any atom is -0.495 e. The molecule has 1 aromatic carbocycles. The second-order valence-corrected chi connectivity index (χ2v) is 4.44. The molecule has 0 heterocycles. The molecule has 0 N–H and O–H groups in total. The van der Waals surface area contributed by atoms with Crippen LogP contribution in [0.3, 0.4) is 0 Å². The SMILES string of the molecule is COc1cc(C)cc(C2(N=C=O)CC2)c1Cl. The summed E-state index contributed by atoms with van der Waals surface area (Å²) in [6.07, 6.45) is 3.31. The normalized spacial score (nSPS) is 16.4. The lowest BCUT2D eigenvalue weighted by Gasteiger charge is -2.14. The van der Waals surface area contributed by atoms with Gasteiger partial charge in [-0.25, -0.2) is 4.79 Å². The second kappa shape index (κ2) is 3.93. The van der Waals surface area contributed by atoms with Crippen LogP contribution in [0.1, 0.15) is 24.0 Å². The van der Waals surface area contributed by atoms with Crippen LogP contribution in [0.4, 0.5) is 0 Å². The van der Waals surface area contributed by atoms with Gasteiger partial charge in [-0.05, 0) is 31.4 Å². The lowest BCUT2D eigenvalue weighted by atomic mass is 10.0. The van der Waals surface area contributed by atoms with Crippen molar-refractivity contribution >= 4 is 17.7 Å². The van der Waals surface area contributed by atoms with Crippen LogP contribution in [-0.4, -0.2) is 13.2 Å². The second-order valence-electron chi connectivity index (χ2n) is 4.06. The largest absolute Gasteiger partial charge is 0.495 e. The summed E-state index contributed by atoms with van der Waals surface area (Å²) in [6, 6.07) is 3.82. The van der Waals surface area contributed by atoms with E-state index in [-0.39, 0.29) is 0 Å². The van der Waals surface area contributed by atoms with Crippen LogP contribution in [0.25, 0.3) is 0 Å². The van der Waals surface area contributed by atoms with Crippen LogP contribution in [0, 0.1) is 6.92 Å². The number of halogens is 1. The van der Waals surface area contributed by atoms with E-state index >= 15 is 0 Å². The van der Waals surface area contributed by atoms with Crippen molar-refractivity contribution in [2.24, 2.45) is 4.99 Å². The number of benzene rings is 1. The van der Waals surface area contributed by atoms with Gasteiger partial charge < -0.3 is 4.74 Å². The Morgan fingerprint density at radius 2 is 2.19 bits per heavy atom. The van der Waals surface area contributed by atoms with E-state index in [0.29, 0.717) is 10.8 Å². The Hall–Kier alpha value is -1.31. The van der Waals surface area contributed by atoms with E-state index < -0.39 is 5.54 Å². The smallest absolute Gasteiger partial charge is 0.235 e. The first-order valence-corrected chi connectivity index (χ1v) is 5.44. The predicted octanol–water partition coefficient (Wildman–Crippen LogP) is 2.98. The zero-order chi connectivity index (χ0) is 11.8. The first-order valence-electron chi connectivity index (χ1n) is 5.06. The molecule has 0 amide bonds. The molecule has 0 aromatic heterocycles. The summed E-state index contributed by atoms with van der Waals surface area (Å²) in [5, 5.41) is 0.546. The van der Waals surface area contributed by atoms with Gasteiger partial charge in [-0.1, -0.05) is 17.7 Å². The van der Waals surface area contributed by atoms with Gasteiger partial charge in [0.05, 0.1) is 17.7 Å². The molecule has 1 aliphatic carbocycles. The monoisotopic (exact) mass is 237 g/mol. The van der Waals surface area contributed by atoms with E-state index in [2.05, 4.69) is 4.99 Å². The molecule has 0 radical (unpaired) electrons. The van der Waals surface area contributed by atoms with E-state index in [4.69, 9.17) is 16.3 Å². The van der Waals surface area contributed by atoms with Crippen molar-refractivity contribution in [3.8, 4) is 5.75 Å². The average Bonchev–Trinajstić information content (AvgIpc) is 3.02. The molecule has 3 nitrogen and oxygen atoms in total. The fourth-order valence-corrected chi connectivity index (χ4v) is 2.23. The maximum absolute atomic E-state index is 10.4. The van der Waals surface area contributed by atoms with Crippen molar-refractivity contribution in [3.05, 3.63) is 28.3 Å². The number of hydrogen-bond acceptors (Lipinski definition) is 3. The van der Waals surface area contributed by atoms with E-state index in [1.165, 1.54) is 0 Å². The molecule has 0 spiro atoms. The van der Waals surface area contributed by atoms with Gasteiger partial charge in [-0.3, -0.25) is 0 Å². The number of nitrogens with zero attached hydrogens (tertiary/aromatic N) is 1. The maximum atomic E-state index is 10.4. The van der Waals surface area contributed by atoms with Gasteiger partial charge in [0.15, 0.2) is 0 Å². The summed E-state index contributed by atoms with van der Waals surface area (Å²) in [4.78, 5) is 14.3. The molecule has 0 saturated heterocycles. The number of hydrogen-bond donors (Lipinski definition) is 0. The predicted molar refractivity (Wildman–Crippen MR) is 61.8 cm³/mol. The Balaban J connectivity index is 2.56. The van der Waals surface area contributed by atoms with Crippen molar-refractivity contribution in [3.63, 3.8) is 0 Å². The van der Waals surface area contributed by atoms with Gasteiger partial charge in [-0.15, -0.1) is 0 Å². The van der Waals surface area contributed by atoms with Crippen LogP contribution >= 0.6 is 11.6 Å². The third-order valence-corrected chi connectivity index (χ3v) is 3.28. The summed E-state index contributed by atoms with van der Waals surface area (Å²) in [7, 11) is 1.58. The van der Waals surface area contributed by atoms with Crippen LogP contribution in [0.5, 0.6) is 5.75 Å². The number of ether oxygens (including phenoxy) is 1. The lowest BCUT2D eigenvalue weighted by molar-refractivity contribution is 0.413. The van der Waals surface area contributed by atoms with Gasteiger partial charge in [0.2, 0.25) is 6.08 Å². The van der Waals surface area contributed by atoms with E-state index in [0.717, 1.165) is 24.0 Å². The number of aliphatic imine (C=N–C) groups is 1. The summed E-state index contributed by atoms with van der Waals surface area (Å²) >= 11 is 6.23. The molecule has 1 fully saturated rings. The van der Waals surface area contributed by atoms with Gasteiger partial charge in [-0.2, -0.15) is 4.99 Å². The van der Waals surface area contributed by atoms with E-state index in [1.807, 2.05) is 19.1 Å². The third kappa shape index (κ3) is 1.73. The van der Waals surface area contributed by atoms with Gasteiger partial charge >= 0.3 is 0 Å². The van der Waals surface area contributed by atoms with Crippen LogP contribution in [0.2, 0.25) is 5.02 Å². The van der Waals surface area contributed by atoms with Gasteiger partial charge in [0, 0.05) is 5.56 Å². The minimum atomic E-state index is -0.446. The Morgan fingerprint density at radius 3 is 2.69 bits per heavy atom. The summed E-state index contributed by atoms with van der Waals surface area (Å²) < 4.78 is 5.20. The van der Waals surface area contributed by atoms with E-state index in [9.17, 15) is 4.79 Å². The molecule has 1 aromatic rings. The summed E-state index contributed by atoms with van der Waals surface area (Å²) in [5.41, 5.74) is 1.47. The molecule has 84 valence electrons. The number of aryl methyl sites for hydroxylation is 1. The molecule has 16 heavy (non-hydrogen) atoms. The van der Waals surface area contributed by atoms with Crippen molar-refractivity contribution in [1.82, 2.24) is 0 Å². The molecule has 0 bridgehead atoms. The Bertz CT molecular complexity index is 474. The molecule has 0 atom stereocenters. The van der Waals surface area contributed by atoms with Crippen LogP contribution in [-0.2, 0) is 10.3 Å². The van der Waals surface area contributed by atoms with Gasteiger partial charge in [0.1, 0.15) is 5.75 Å². The number of rotatable bonds is 3. The quantitative estimate of drug-likeness (QED) is 0.599. The lowest BCUT2D eigenvalue weighted by Crippen LogP contribution is -2.05. The minimum absolute atomic E-state index is 0.446. The zero-order valence-electron chi connectivity index (χ0n) is 9.21. The van der Waals surface area contributed by atoms with Crippen molar-refractivity contribution in [2.75, 3.05) is 7.11 Å². The Morgan fingerprint density at radius 1 is 1.50 bits per heavy atom. The molecular formula is C12H12ClNO2. The summed E-state index contributed by atoms with van der Waals surface area (Å²) in [6.45, 7) is 1.96. The third-order valence-electron chi connectivity index (χ3n) is 2.89. The fourth-order valence-electron chi connectivity index (χ4n) is 1.87. The standard InChI is InChI=1S/C12H12ClNO2/c1-8-5-9(11(13)10(6-8)16-2)12(3-4-12)14-7-15/h5-6H,3-4H2,1-2H3. The number of isocyanates is 1. The maximum Gasteiger partial charge on any atom is 0.235 e. The fraction of sp³-hybridized carbons (Fsp3) is 0.417. The highest BCUT2D eigenvalue weighted by Crippen LogP contribution is 2.53. The van der Waals surface area contributed by atoms with Crippen molar-refractivity contribution in [2.45, 2.75) is 25.3 Å². The van der Waals surface area contributed by atoms with Crippen LogP contribution in [0.15, 0.2) is 17.1 Å². The van der Waals surface area contributed by atoms with Crippen LogP contribution < -0.4 is 4.74 Å². The average molecular weight is 238 g/mol. The number of methoxy groups -OCH3 is 1. The van der Waals surface area contributed by atoms with Crippen molar-refractivity contribution < 1.29 is 9.53 Å². The molecule has 4 heteroatoms. The molecule has 1 saturated carbocycles. The molecule has 0 unspecified atom stereocenters. The topological polar surface area (TPSA) is 38.7 Å². The first kappa shape index (κ1) is 11.2. The molecular weight excluding hydrogens is 226 g/mol. The Kier molecular flexibility index (Phi) is 2.75. The molecule has 2 rings (SSSR count). The first-order chi connectivity index (χ1) is 7.63. The molecule has 1 aliphatic rings.